The van der Waals surface area contributed by atoms with E-state index in [1.54, 1.807) is 24.3 Å². The van der Waals surface area contributed by atoms with Gasteiger partial charge in [-0.2, -0.15) is 15.8 Å². The lowest BCUT2D eigenvalue weighted by Gasteiger charge is -2.52. The van der Waals surface area contributed by atoms with Crippen LogP contribution in [-0.2, 0) is 9.47 Å². The molecule has 1 N–H and O–H groups in total. The summed E-state index contributed by atoms with van der Waals surface area (Å²) in [5.74, 6) is -1.04. The van der Waals surface area contributed by atoms with Crippen LogP contribution in [0.3, 0.4) is 0 Å². The first-order valence-corrected chi connectivity index (χ1v) is 10.4. The molecular weight excluding hydrogens is 380 g/mol. The number of benzene rings is 1. The largest absolute Gasteiger partial charge is 0.494 e. The molecule has 1 aliphatic carbocycles. The summed E-state index contributed by atoms with van der Waals surface area (Å²) in [4.78, 5) is 0. The lowest BCUT2D eigenvalue weighted by atomic mass is 9.50. The predicted molar refractivity (Wildman–Crippen MR) is 106 cm³/mol. The minimum absolute atomic E-state index is 0.288. The lowest BCUT2D eigenvalue weighted by Crippen LogP contribution is -2.60. The Kier molecular flexibility index (Phi) is 4.72. The SMILES string of the molecule is CCCOc1ccc(C2OC34CCC(C)CC3C(C#N)(C(=N)O4)C2(C#N)C#N)cc1. The summed E-state index contributed by atoms with van der Waals surface area (Å²) in [6.07, 6.45) is 1.78. The van der Waals surface area contributed by atoms with Gasteiger partial charge in [-0.1, -0.05) is 26.0 Å². The fraction of sp³-hybridized carbons (Fsp3) is 0.565. The summed E-state index contributed by atoms with van der Waals surface area (Å²) in [5.41, 5.74) is -2.98. The maximum absolute atomic E-state index is 10.3. The van der Waals surface area contributed by atoms with Gasteiger partial charge in [-0.15, -0.1) is 0 Å². The molecule has 0 aromatic heterocycles. The fourth-order valence-electron chi connectivity index (χ4n) is 5.29. The van der Waals surface area contributed by atoms with Crippen molar-refractivity contribution in [3.05, 3.63) is 29.8 Å². The Morgan fingerprint density at radius 1 is 1.17 bits per heavy atom. The van der Waals surface area contributed by atoms with Crippen molar-refractivity contribution < 1.29 is 14.2 Å². The second-order valence-electron chi connectivity index (χ2n) is 8.54. The normalized spacial score (nSPS) is 35.8. The smallest absolute Gasteiger partial charge is 0.217 e. The van der Waals surface area contributed by atoms with E-state index < -0.39 is 28.6 Å². The molecule has 1 saturated carbocycles. The zero-order chi connectivity index (χ0) is 21.6. The van der Waals surface area contributed by atoms with Crippen molar-refractivity contribution >= 4 is 5.90 Å². The highest BCUT2D eigenvalue weighted by Gasteiger charge is 2.80. The number of nitriles is 3. The average molecular weight is 404 g/mol. The molecule has 5 atom stereocenters. The number of ether oxygens (including phenoxy) is 3. The molecule has 3 aliphatic rings. The Bertz CT molecular complexity index is 972. The van der Waals surface area contributed by atoms with E-state index >= 15 is 0 Å². The van der Waals surface area contributed by atoms with Crippen molar-refractivity contribution in [3.63, 3.8) is 0 Å². The minimum atomic E-state index is -1.90. The molecule has 5 unspecified atom stereocenters. The molecule has 0 spiro atoms. The van der Waals surface area contributed by atoms with E-state index in [0.29, 0.717) is 30.8 Å². The van der Waals surface area contributed by atoms with Crippen LogP contribution in [0.4, 0.5) is 0 Å². The van der Waals surface area contributed by atoms with Crippen molar-refractivity contribution in [2.24, 2.45) is 22.7 Å². The van der Waals surface area contributed by atoms with Crippen LogP contribution in [0.1, 0.15) is 51.2 Å². The minimum Gasteiger partial charge on any atom is -0.494 e. The van der Waals surface area contributed by atoms with Crippen molar-refractivity contribution in [2.45, 2.75) is 51.4 Å². The highest BCUT2D eigenvalue weighted by atomic mass is 16.7. The van der Waals surface area contributed by atoms with Crippen molar-refractivity contribution in [2.75, 3.05) is 6.61 Å². The van der Waals surface area contributed by atoms with Gasteiger partial charge in [0.1, 0.15) is 11.9 Å². The maximum Gasteiger partial charge on any atom is 0.217 e. The topological polar surface area (TPSA) is 123 Å². The van der Waals surface area contributed by atoms with Gasteiger partial charge >= 0.3 is 0 Å². The standard InChI is InChI=1S/C23H24N4O3/c1-3-10-28-17-6-4-16(5-7-17)19-21(12-24,13-25)22(14-26)18-11-15(2)8-9-23(18,29-19)30-20(22)27/h4-7,15,18-19,27H,3,8-11H2,1-2H3. The highest BCUT2D eigenvalue weighted by molar-refractivity contribution is 5.89. The van der Waals surface area contributed by atoms with Crippen LogP contribution >= 0.6 is 0 Å². The summed E-state index contributed by atoms with van der Waals surface area (Å²) in [6.45, 7) is 4.68. The van der Waals surface area contributed by atoms with E-state index in [4.69, 9.17) is 19.6 Å². The Hall–Kier alpha value is -3.08. The number of nitrogens with zero attached hydrogens (tertiary/aromatic N) is 3. The van der Waals surface area contributed by atoms with E-state index in [0.717, 1.165) is 12.8 Å². The molecule has 7 heteroatoms. The van der Waals surface area contributed by atoms with Gasteiger partial charge in [0, 0.05) is 6.42 Å². The van der Waals surface area contributed by atoms with Crippen LogP contribution < -0.4 is 4.74 Å². The van der Waals surface area contributed by atoms with Gasteiger partial charge in [-0.3, -0.25) is 5.41 Å². The number of rotatable bonds is 4. The van der Waals surface area contributed by atoms with Crippen LogP contribution in [0.5, 0.6) is 5.75 Å². The Morgan fingerprint density at radius 2 is 1.87 bits per heavy atom. The quantitative estimate of drug-likeness (QED) is 0.801. The highest BCUT2D eigenvalue weighted by Crippen LogP contribution is 2.69. The Balaban J connectivity index is 1.85. The first kappa shape index (κ1) is 20.2. The molecule has 0 amide bonds. The van der Waals surface area contributed by atoms with Crippen molar-refractivity contribution in [3.8, 4) is 24.0 Å². The second kappa shape index (κ2) is 7.01. The predicted octanol–water partition coefficient (Wildman–Crippen LogP) is 4.23. The van der Waals surface area contributed by atoms with Gasteiger partial charge in [0.2, 0.25) is 17.1 Å². The zero-order valence-electron chi connectivity index (χ0n) is 17.1. The molecule has 1 aromatic rings. The van der Waals surface area contributed by atoms with Crippen LogP contribution in [0.2, 0.25) is 0 Å². The van der Waals surface area contributed by atoms with Crippen LogP contribution in [-0.4, -0.2) is 18.3 Å². The molecule has 0 radical (unpaired) electrons. The monoisotopic (exact) mass is 404 g/mol. The first-order chi connectivity index (χ1) is 14.4. The summed E-state index contributed by atoms with van der Waals surface area (Å²) in [6, 6.07) is 13.5. The molecule has 30 heavy (non-hydrogen) atoms. The van der Waals surface area contributed by atoms with E-state index in [2.05, 4.69) is 25.1 Å². The molecule has 154 valence electrons. The van der Waals surface area contributed by atoms with Gasteiger partial charge in [0.15, 0.2) is 5.41 Å². The van der Waals surface area contributed by atoms with Gasteiger partial charge in [-0.05, 0) is 42.9 Å². The molecule has 2 heterocycles. The number of hydrogen-bond acceptors (Lipinski definition) is 7. The summed E-state index contributed by atoms with van der Waals surface area (Å²) >= 11 is 0. The molecule has 2 bridgehead atoms. The molecule has 2 saturated heterocycles. The molecule has 4 rings (SSSR count). The van der Waals surface area contributed by atoms with E-state index in [9.17, 15) is 15.8 Å². The lowest BCUT2D eigenvalue weighted by molar-refractivity contribution is -0.298. The van der Waals surface area contributed by atoms with Crippen LogP contribution in [0, 0.1) is 62.1 Å². The van der Waals surface area contributed by atoms with E-state index in [1.807, 2.05) is 6.92 Å². The number of nitrogens with one attached hydrogen (secondary N) is 1. The fourth-order valence-corrected chi connectivity index (χ4v) is 5.29. The van der Waals surface area contributed by atoms with Gasteiger partial charge < -0.3 is 14.2 Å². The summed E-state index contributed by atoms with van der Waals surface area (Å²) in [5, 5.41) is 39.4. The zero-order valence-corrected chi connectivity index (χ0v) is 17.1. The van der Waals surface area contributed by atoms with Gasteiger partial charge in [0.25, 0.3) is 0 Å². The molecule has 1 aromatic carbocycles. The van der Waals surface area contributed by atoms with Crippen LogP contribution in [0.15, 0.2) is 24.3 Å². The Morgan fingerprint density at radius 3 is 2.47 bits per heavy atom. The molecular formula is C23H24N4O3. The first-order valence-electron chi connectivity index (χ1n) is 10.4. The van der Waals surface area contributed by atoms with Crippen molar-refractivity contribution in [1.29, 1.82) is 21.2 Å². The van der Waals surface area contributed by atoms with E-state index in [-0.39, 0.29) is 11.8 Å². The third-order valence-electron chi connectivity index (χ3n) is 6.83. The molecule has 7 nitrogen and oxygen atoms in total. The third kappa shape index (κ3) is 2.41. The van der Waals surface area contributed by atoms with Gasteiger partial charge in [0.05, 0.1) is 30.7 Å². The summed E-state index contributed by atoms with van der Waals surface area (Å²) < 4.78 is 18.0. The Labute approximate surface area is 176 Å². The summed E-state index contributed by atoms with van der Waals surface area (Å²) in [7, 11) is 0. The molecule has 2 aliphatic heterocycles. The third-order valence-corrected chi connectivity index (χ3v) is 6.83. The van der Waals surface area contributed by atoms with Crippen LogP contribution in [0.25, 0.3) is 0 Å². The van der Waals surface area contributed by atoms with E-state index in [1.165, 1.54) is 0 Å². The molecule has 3 fully saturated rings. The second-order valence-corrected chi connectivity index (χ2v) is 8.54. The maximum atomic E-state index is 10.3. The van der Waals surface area contributed by atoms with Crippen molar-refractivity contribution in [1.82, 2.24) is 0 Å². The van der Waals surface area contributed by atoms with Gasteiger partial charge in [-0.25, -0.2) is 0 Å². The number of hydrogen-bond donors (Lipinski definition) is 1. The average Bonchev–Trinajstić information content (AvgIpc) is 2.96.